The Balaban J connectivity index is 2.22. The van der Waals surface area contributed by atoms with Crippen LogP contribution in [0, 0.1) is 25.6 Å². The van der Waals surface area contributed by atoms with E-state index in [0.29, 0.717) is 0 Å². The Morgan fingerprint density at radius 2 is 1.88 bits per heavy atom. The van der Waals surface area contributed by atoms with Crippen molar-refractivity contribution in [3.05, 3.63) is 50.1 Å². The number of hydrogen-bond acceptors (Lipinski definition) is 8. The highest BCUT2D eigenvalue weighted by Crippen LogP contribution is 2.60. The lowest BCUT2D eigenvalue weighted by Crippen LogP contribution is -2.47. The van der Waals surface area contributed by atoms with Crippen molar-refractivity contribution in [2.45, 2.75) is 36.8 Å². The van der Waals surface area contributed by atoms with E-state index >= 15 is 0 Å². The van der Waals surface area contributed by atoms with Gasteiger partial charge in [0.15, 0.2) is 5.78 Å². The van der Waals surface area contributed by atoms with Crippen molar-refractivity contribution in [1.29, 1.82) is 0 Å². The molecule has 1 aromatic carbocycles. The van der Waals surface area contributed by atoms with Gasteiger partial charge in [0.2, 0.25) is 6.04 Å². The molecular weight excluding hydrogens is 348 g/mol. The van der Waals surface area contributed by atoms with Crippen molar-refractivity contribution in [2.24, 2.45) is 5.41 Å². The maximum atomic E-state index is 12.7. The molecule has 0 spiro atoms. The average Bonchev–Trinajstić information content (AvgIpc) is 2.84. The second-order valence-corrected chi connectivity index (χ2v) is 6.72. The van der Waals surface area contributed by atoms with Crippen LogP contribution in [0.4, 0.5) is 5.69 Å². The average molecular weight is 364 g/mol. The topological polar surface area (TPSA) is 150 Å². The van der Waals surface area contributed by atoms with Crippen molar-refractivity contribution < 1.29 is 29.3 Å². The smallest absolute Gasteiger partial charge is 0.320 e. The summed E-state index contributed by atoms with van der Waals surface area (Å²) in [5, 5.41) is 33.4. The Hall–Kier alpha value is -2.88. The van der Waals surface area contributed by atoms with E-state index in [1.54, 1.807) is 0 Å². The highest BCUT2D eigenvalue weighted by Gasteiger charge is 2.75. The number of ketones is 1. The molecule has 2 fully saturated rings. The predicted molar refractivity (Wildman–Crippen MR) is 84.9 cm³/mol. The summed E-state index contributed by atoms with van der Waals surface area (Å²) in [5.74, 6) is -2.74. The van der Waals surface area contributed by atoms with Crippen molar-refractivity contribution in [1.82, 2.24) is 0 Å². The first kappa shape index (κ1) is 17.9. The van der Waals surface area contributed by atoms with E-state index < -0.39 is 51.0 Å². The maximum Gasteiger partial charge on any atom is 0.320 e. The van der Waals surface area contributed by atoms with E-state index in [9.17, 15) is 34.9 Å². The summed E-state index contributed by atoms with van der Waals surface area (Å²) >= 11 is 0. The first-order valence-electron chi connectivity index (χ1n) is 7.89. The number of benzene rings is 1. The number of Topliss-reactive ketones (excluding diaryl/α,β-unsaturated/α-hetero) is 1. The molecule has 138 valence electrons. The van der Waals surface area contributed by atoms with Gasteiger partial charge in [0.05, 0.1) is 18.0 Å². The third-order valence-corrected chi connectivity index (χ3v) is 5.50. The van der Waals surface area contributed by atoms with Gasteiger partial charge in [-0.15, -0.1) is 0 Å². The zero-order chi connectivity index (χ0) is 19.3. The van der Waals surface area contributed by atoms with Gasteiger partial charge in [0.1, 0.15) is 11.0 Å². The molecule has 10 heteroatoms. The van der Waals surface area contributed by atoms with Gasteiger partial charge in [-0.05, 0) is 12.0 Å². The van der Waals surface area contributed by atoms with E-state index in [4.69, 9.17) is 4.74 Å². The highest BCUT2D eigenvalue weighted by molar-refractivity contribution is 6.06. The van der Waals surface area contributed by atoms with Crippen LogP contribution in [0.3, 0.4) is 0 Å². The number of aliphatic hydroxyl groups is 1. The number of ether oxygens (including phenoxy) is 1. The van der Waals surface area contributed by atoms with Gasteiger partial charge in [-0.25, -0.2) is 0 Å². The fraction of sp³-hybridized carbons (Fsp3) is 0.500. The number of nitrogens with zero attached hydrogens (tertiary/aromatic N) is 2. The minimum Gasteiger partial charge on any atom is -0.468 e. The van der Waals surface area contributed by atoms with Crippen LogP contribution in [0.25, 0.3) is 0 Å². The van der Waals surface area contributed by atoms with Crippen molar-refractivity contribution >= 4 is 17.4 Å². The Bertz CT molecular complexity index is 797. The Morgan fingerprint density at radius 1 is 1.27 bits per heavy atom. The van der Waals surface area contributed by atoms with Crippen LogP contribution in [0.5, 0.6) is 0 Å². The number of rotatable bonds is 4. The number of fused-ring (bicyclic) bond motifs is 2. The van der Waals surface area contributed by atoms with Gasteiger partial charge in [0, 0.05) is 29.9 Å². The number of nitro groups is 2. The molecular formula is C16H16N2O8. The lowest BCUT2D eigenvalue weighted by Gasteiger charge is -2.33. The van der Waals surface area contributed by atoms with Gasteiger partial charge >= 0.3 is 5.97 Å². The van der Waals surface area contributed by atoms with Gasteiger partial charge in [-0.2, -0.15) is 0 Å². The van der Waals surface area contributed by atoms with Crippen LogP contribution in [0.1, 0.15) is 30.7 Å². The number of nitro benzene ring substituents is 1. The van der Waals surface area contributed by atoms with Crippen LogP contribution < -0.4 is 0 Å². The Kier molecular flexibility index (Phi) is 4.02. The predicted octanol–water partition coefficient (Wildman–Crippen LogP) is 0.981. The van der Waals surface area contributed by atoms with Crippen LogP contribution in [-0.4, -0.2) is 45.5 Å². The molecule has 2 bridgehead atoms. The van der Waals surface area contributed by atoms with Crippen molar-refractivity contribution in [3.63, 3.8) is 0 Å². The molecule has 2 saturated carbocycles. The summed E-state index contributed by atoms with van der Waals surface area (Å²) in [5.41, 5.74) is -3.74. The molecule has 10 nitrogen and oxygen atoms in total. The molecule has 0 aliphatic heterocycles. The second kappa shape index (κ2) is 5.84. The van der Waals surface area contributed by atoms with Gasteiger partial charge in [-0.1, -0.05) is 12.1 Å². The number of non-ortho nitro benzene ring substituents is 1. The molecule has 2 aliphatic rings. The molecule has 0 amide bonds. The molecule has 0 unspecified atom stereocenters. The van der Waals surface area contributed by atoms with E-state index in [1.165, 1.54) is 12.1 Å². The zero-order valence-electron chi connectivity index (χ0n) is 13.8. The first-order chi connectivity index (χ1) is 12.2. The van der Waals surface area contributed by atoms with Crippen LogP contribution >= 0.6 is 0 Å². The van der Waals surface area contributed by atoms with Gasteiger partial charge in [-0.3, -0.25) is 29.8 Å². The lowest BCUT2D eigenvalue weighted by molar-refractivity contribution is -0.544. The maximum absolute atomic E-state index is 12.7. The summed E-state index contributed by atoms with van der Waals surface area (Å²) in [6.07, 6.45) is -0.710. The van der Waals surface area contributed by atoms with E-state index in [-0.39, 0.29) is 24.1 Å². The van der Waals surface area contributed by atoms with E-state index in [2.05, 4.69) is 0 Å². The molecule has 0 heterocycles. The summed E-state index contributed by atoms with van der Waals surface area (Å²) in [6.45, 7) is 0. The SMILES string of the molecule is COC(=O)[C@@]12C[C@@](O)(CCC1=O)[C@H]([N+](=O)[O-])[C@@H]2c1ccc([N+](=O)[O-])cc1. The first-order valence-corrected chi connectivity index (χ1v) is 7.89. The van der Waals surface area contributed by atoms with Crippen LogP contribution in [0.15, 0.2) is 24.3 Å². The minimum atomic E-state index is -1.88. The quantitative estimate of drug-likeness (QED) is 0.359. The molecule has 1 aromatic rings. The fourth-order valence-electron chi connectivity index (χ4n) is 4.42. The van der Waals surface area contributed by atoms with Gasteiger partial charge < -0.3 is 9.84 Å². The number of esters is 1. The van der Waals surface area contributed by atoms with E-state index in [0.717, 1.165) is 19.2 Å². The molecule has 0 aromatic heterocycles. The normalized spacial score (nSPS) is 32.9. The van der Waals surface area contributed by atoms with Crippen LogP contribution in [-0.2, 0) is 14.3 Å². The van der Waals surface area contributed by atoms with E-state index in [1.807, 2.05) is 0 Å². The number of hydrogen-bond donors (Lipinski definition) is 1. The monoisotopic (exact) mass is 364 g/mol. The Morgan fingerprint density at radius 3 is 2.38 bits per heavy atom. The number of carbonyl (C=O) groups excluding carboxylic acids is 2. The van der Waals surface area contributed by atoms with Crippen molar-refractivity contribution in [3.8, 4) is 0 Å². The molecule has 2 aliphatic carbocycles. The summed E-state index contributed by atoms with van der Waals surface area (Å²) in [7, 11) is 1.07. The third-order valence-electron chi connectivity index (χ3n) is 5.50. The number of carbonyl (C=O) groups is 2. The van der Waals surface area contributed by atoms with Crippen molar-refractivity contribution in [2.75, 3.05) is 7.11 Å². The largest absolute Gasteiger partial charge is 0.468 e. The summed E-state index contributed by atoms with van der Waals surface area (Å²) in [4.78, 5) is 46.5. The van der Waals surface area contributed by atoms with Gasteiger partial charge in [0.25, 0.3) is 5.69 Å². The fourth-order valence-corrected chi connectivity index (χ4v) is 4.42. The molecule has 4 atom stereocenters. The Labute approximate surface area is 147 Å². The number of methoxy groups -OCH3 is 1. The molecule has 0 radical (unpaired) electrons. The molecule has 3 rings (SSSR count). The third kappa shape index (κ3) is 2.29. The molecule has 0 saturated heterocycles. The highest BCUT2D eigenvalue weighted by atomic mass is 16.6. The zero-order valence-corrected chi connectivity index (χ0v) is 13.8. The minimum absolute atomic E-state index is 0.125. The summed E-state index contributed by atoms with van der Waals surface area (Å²) < 4.78 is 4.77. The second-order valence-electron chi connectivity index (χ2n) is 6.72. The molecule has 1 N–H and O–H groups in total. The van der Waals surface area contributed by atoms with Crippen LogP contribution in [0.2, 0.25) is 0 Å². The standard InChI is InChI=1S/C16H16N2O8/c1-26-14(20)16-8-15(21,7-6-11(16)19)13(18(24)25)12(16)9-2-4-10(5-3-9)17(22)23/h2-5,12-13,21H,6-8H2,1H3/t12-,13+,15-,16-/m0/s1. The lowest BCUT2D eigenvalue weighted by atomic mass is 9.67. The summed E-state index contributed by atoms with van der Waals surface area (Å²) in [6, 6.07) is 3.25. The molecule has 26 heavy (non-hydrogen) atoms.